The van der Waals surface area contributed by atoms with Gasteiger partial charge in [0, 0.05) is 0 Å². The Morgan fingerprint density at radius 3 is 2.30 bits per heavy atom. The van der Waals surface area contributed by atoms with Gasteiger partial charge in [0.25, 0.3) is 0 Å². The zero-order valence-corrected chi connectivity index (χ0v) is 7.25. The largest absolute Gasteiger partial charge is 1.00 e. The summed E-state index contributed by atoms with van der Waals surface area (Å²) in [5, 5.41) is 17.1. The van der Waals surface area contributed by atoms with E-state index in [9.17, 15) is 0 Å². The molecule has 0 saturated carbocycles. The van der Waals surface area contributed by atoms with E-state index in [1.54, 1.807) is 24.3 Å². The minimum atomic E-state index is -1.40. The van der Waals surface area contributed by atoms with Crippen molar-refractivity contribution in [3.05, 3.63) is 30.3 Å². The molecule has 2 nitrogen and oxygen atoms in total. The van der Waals surface area contributed by atoms with Gasteiger partial charge >= 0.3 is 29.5 Å². The van der Waals surface area contributed by atoms with Gasteiger partial charge in [0.05, 0.1) is 0 Å². The third-order valence-electron chi connectivity index (χ3n) is 1.01. The van der Waals surface area contributed by atoms with Crippen LogP contribution in [0.15, 0.2) is 24.3 Å². The second kappa shape index (κ2) is 4.71. The molecule has 0 aliphatic rings. The van der Waals surface area contributed by atoms with Crippen LogP contribution in [0.1, 0.15) is 0 Å². The topological polar surface area (TPSA) is 40.5 Å². The summed E-state index contributed by atoms with van der Waals surface area (Å²) in [4.78, 5) is 0. The van der Waals surface area contributed by atoms with Crippen LogP contribution in [0.2, 0.25) is 0 Å². The predicted octanol–water partition coefficient (Wildman–Crippen LogP) is -0.836. The molecule has 0 unspecified atom stereocenters. The first-order chi connectivity index (χ1) is 4.30. The molecule has 0 aliphatic carbocycles. The maximum Gasteiger partial charge on any atom is 1.00 e. The van der Waals surface area contributed by atoms with E-state index < -0.39 is 7.12 Å². The van der Waals surface area contributed by atoms with Crippen molar-refractivity contribution in [3.8, 4) is 0 Å². The predicted molar refractivity (Wildman–Crippen MR) is 35.1 cm³/mol. The Hall–Kier alpha value is -0.0548. The van der Waals surface area contributed by atoms with Crippen LogP contribution in [0.4, 0.5) is 0 Å². The Bertz CT molecular complexity index is 178. The summed E-state index contributed by atoms with van der Waals surface area (Å²) in [7, 11) is -1.40. The number of hydrogen-bond donors (Lipinski definition) is 2. The van der Waals surface area contributed by atoms with Crippen molar-refractivity contribution >= 4 is 12.6 Å². The van der Waals surface area contributed by atoms with Crippen LogP contribution in [0, 0.1) is 6.07 Å². The quantitative estimate of drug-likeness (QED) is 0.524. The molecule has 0 amide bonds. The van der Waals surface area contributed by atoms with E-state index >= 15 is 0 Å². The number of benzene rings is 1. The molecule has 4 heteroatoms. The van der Waals surface area contributed by atoms with Crippen molar-refractivity contribution < 1.29 is 32.4 Å². The van der Waals surface area contributed by atoms with Gasteiger partial charge < -0.3 is 10.0 Å². The summed E-state index contributed by atoms with van der Waals surface area (Å²) in [6.45, 7) is 0. The third kappa shape index (κ3) is 2.69. The normalized spacial score (nSPS) is 8.20. The fraction of sp³-hybridized carbons (Fsp3) is 0. The van der Waals surface area contributed by atoms with Gasteiger partial charge in [-0.3, -0.25) is 0 Å². The molecule has 1 aromatic rings. The molecule has 0 atom stereocenters. The van der Waals surface area contributed by atoms with Crippen LogP contribution >= 0.6 is 0 Å². The van der Waals surface area contributed by atoms with Crippen LogP contribution in [0.25, 0.3) is 0 Å². The fourth-order valence-electron chi connectivity index (χ4n) is 0.568. The van der Waals surface area contributed by atoms with Gasteiger partial charge in [-0.05, 0) is 0 Å². The number of rotatable bonds is 1. The van der Waals surface area contributed by atoms with Crippen LogP contribution in [0.5, 0.6) is 0 Å². The van der Waals surface area contributed by atoms with Gasteiger partial charge in [-0.1, -0.05) is 0 Å². The molecule has 1 aromatic carbocycles. The Morgan fingerprint density at radius 1 is 1.30 bits per heavy atom. The van der Waals surface area contributed by atoms with Gasteiger partial charge in [-0.2, -0.15) is 30.3 Å². The molecule has 0 fully saturated rings. The first kappa shape index (κ1) is 9.95. The van der Waals surface area contributed by atoms with Crippen molar-refractivity contribution in [2.75, 3.05) is 0 Å². The van der Waals surface area contributed by atoms with Crippen molar-refractivity contribution in [3.63, 3.8) is 0 Å². The summed E-state index contributed by atoms with van der Waals surface area (Å²) in [6, 6.07) is 9.40. The first-order valence-corrected chi connectivity index (χ1v) is 2.63. The molecular weight excluding hydrogens is 312 g/mol. The van der Waals surface area contributed by atoms with Gasteiger partial charge in [-0.15, -0.1) is 5.46 Å². The van der Waals surface area contributed by atoms with Gasteiger partial charge in [-0.25, -0.2) is 0 Å². The maximum atomic E-state index is 8.55. The molecule has 0 aliphatic heterocycles. The average molecular weight is 318 g/mol. The Morgan fingerprint density at radius 2 is 2.00 bits per heavy atom. The van der Waals surface area contributed by atoms with E-state index in [1.807, 2.05) is 0 Å². The zero-order valence-electron chi connectivity index (χ0n) is 5.08. The van der Waals surface area contributed by atoms with Gasteiger partial charge in [0.2, 0.25) is 0 Å². The van der Waals surface area contributed by atoms with Crippen LogP contribution in [-0.2, 0) is 22.4 Å². The van der Waals surface area contributed by atoms with E-state index in [1.165, 1.54) is 0 Å². The minimum Gasteiger partial charge on any atom is -0.425 e. The molecule has 0 saturated heterocycles. The first-order valence-electron chi connectivity index (χ1n) is 2.63. The summed E-state index contributed by atoms with van der Waals surface area (Å²) in [6.07, 6.45) is 0. The molecule has 1 rings (SSSR count). The summed E-state index contributed by atoms with van der Waals surface area (Å²) in [5.41, 5.74) is 0.400. The SMILES string of the molecule is OB(O)c1[c-]cccc1.[Au+]. The van der Waals surface area contributed by atoms with Crippen molar-refractivity contribution in [2.45, 2.75) is 0 Å². The molecule has 0 spiro atoms. The smallest absolute Gasteiger partial charge is 0.425 e. The molecule has 0 heterocycles. The molecule has 0 bridgehead atoms. The molecular formula is C6H6AuBO2. The second-order valence-corrected chi connectivity index (χ2v) is 1.69. The molecule has 10 heavy (non-hydrogen) atoms. The Labute approximate surface area is 75.5 Å². The maximum absolute atomic E-state index is 8.55. The van der Waals surface area contributed by atoms with Crippen molar-refractivity contribution in [1.29, 1.82) is 0 Å². The minimum absolute atomic E-state index is 0. The van der Waals surface area contributed by atoms with E-state index in [-0.39, 0.29) is 22.4 Å². The molecule has 2 N–H and O–H groups in total. The summed E-state index contributed by atoms with van der Waals surface area (Å²) < 4.78 is 0. The molecule has 0 aromatic heterocycles. The second-order valence-electron chi connectivity index (χ2n) is 1.69. The zero-order chi connectivity index (χ0) is 6.69. The van der Waals surface area contributed by atoms with Crippen LogP contribution < -0.4 is 5.46 Å². The molecule has 56 valence electrons. The fourth-order valence-corrected chi connectivity index (χ4v) is 0.568. The van der Waals surface area contributed by atoms with Gasteiger partial charge in [0.1, 0.15) is 0 Å². The number of hydrogen-bond acceptors (Lipinski definition) is 2. The standard InChI is InChI=1S/C6H6BO2.Au/c8-7(9)6-4-2-1-3-5-6;/h1-4,8-9H;/q-1;+1. The third-order valence-corrected chi connectivity index (χ3v) is 1.01. The van der Waals surface area contributed by atoms with E-state index in [0.717, 1.165) is 0 Å². The Balaban J connectivity index is 0.000000810. The summed E-state index contributed by atoms with van der Waals surface area (Å²) in [5.74, 6) is 0. The molecule has 0 radical (unpaired) electrons. The monoisotopic (exact) mass is 318 g/mol. The van der Waals surface area contributed by atoms with Crippen LogP contribution in [-0.4, -0.2) is 17.2 Å². The van der Waals surface area contributed by atoms with Crippen molar-refractivity contribution in [1.82, 2.24) is 0 Å². The summed E-state index contributed by atoms with van der Waals surface area (Å²) >= 11 is 0. The van der Waals surface area contributed by atoms with Gasteiger partial charge in [0.15, 0.2) is 0 Å². The Kier molecular flexibility index (Phi) is 4.69. The van der Waals surface area contributed by atoms with E-state index in [2.05, 4.69) is 6.07 Å². The van der Waals surface area contributed by atoms with E-state index in [0.29, 0.717) is 5.46 Å². The van der Waals surface area contributed by atoms with E-state index in [4.69, 9.17) is 10.0 Å². The van der Waals surface area contributed by atoms with Crippen LogP contribution in [0.3, 0.4) is 0 Å². The average Bonchev–Trinajstić information content (AvgIpc) is 1.90. The van der Waals surface area contributed by atoms with Crippen molar-refractivity contribution in [2.24, 2.45) is 0 Å².